The van der Waals surface area contributed by atoms with Gasteiger partial charge in [0.15, 0.2) is 0 Å². The number of hydrogen-bond acceptors (Lipinski definition) is 4. The van der Waals surface area contributed by atoms with E-state index in [1.165, 1.54) is 0 Å². The Balaban J connectivity index is 3.04. The average molecular weight is 239 g/mol. The first kappa shape index (κ1) is 14.0. The van der Waals surface area contributed by atoms with E-state index in [1.807, 2.05) is 43.3 Å². The first-order chi connectivity index (χ1) is 8.13. The summed E-state index contributed by atoms with van der Waals surface area (Å²) in [6, 6.07) is 7.67. The maximum Gasteiger partial charge on any atom is 0.119 e. The Morgan fingerprint density at radius 2 is 1.88 bits per heavy atom. The van der Waals surface area contributed by atoms with E-state index < -0.39 is 0 Å². The SMILES string of the molecule is COc1cccc([C@H](C(CO)CO)N(C)C)c1. The fourth-order valence-electron chi connectivity index (χ4n) is 2.07. The van der Waals surface area contributed by atoms with E-state index in [2.05, 4.69) is 0 Å². The van der Waals surface area contributed by atoms with Crippen LogP contribution in [0.3, 0.4) is 0 Å². The third-order valence-electron chi connectivity index (χ3n) is 2.91. The molecule has 4 nitrogen and oxygen atoms in total. The van der Waals surface area contributed by atoms with Gasteiger partial charge >= 0.3 is 0 Å². The minimum atomic E-state index is -0.197. The molecule has 0 heterocycles. The van der Waals surface area contributed by atoms with E-state index in [-0.39, 0.29) is 25.2 Å². The molecular formula is C13H21NO3. The Morgan fingerprint density at radius 1 is 1.24 bits per heavy atom. The van der Waals surface area contributed by atoms with E-state index in [1.54, 1.807) is 7.11 Å². The number of nitrogens with zero attached hydrogens (tertiary/aromatic N) is 1. The molecule has 96 valence electrons. The molecule has 1 atom stereocenters. The minimum absolute atomic E-state index is 0.0277. The normalized spacial score (nSPS) is 13.1. The molecule has 0 aliphatic rings. The summed E-state index contributed by atoms with van der Waals surface area (Å²) >= 11 is 0. The summed E-state index contributed by atoms with van der Waals surface area (Å²) in [7, 11) is 5.49. The Bertz CT molecular complexity index is 337. The second kappa shape index (κ2) is 6.59. The first-order valence-electron chi connectivity index (χ1n) is 5.66. The lowest BCUT2D eigenvalue weighted by atomic mass is 9.93. The van der Waals surface area contributed by atoms with E-state index in [9.17, 15) is 10.2 Å². The largest absolute Gasteiger partial charge is 0.497 e. The van der Waals surface area contributed by atoms with Crippen LogP contribution in [0.4, 0.5) is 0 Å². The predicted molar refractivity (Wildman–Crippen MR) is 67.1 cm³/mol. The zero-order chi connectivity index (χ0) is 12.8. The maximum atomic E-state index is 9.32. The molecule has 4 heteroatoms. The molecule has 0 saturated heterocycles. The van der Waals surface area contributed by atoms with Crippen LogP contribution < -0.4 is 4.74 Å². The average Bonchev–Trinajstić information content (AvgIpc) is 2.35. The van der Waals surface area contributed by atoms with E-state index in [4.69, 9.17) is 4.74 Å². The number of hydrogen-bond donors (Lipinski definition) is 2. The standard InChI is InChI=1S/C13H21NO3/c1-14(2)13(11(8-15)9-16)10-5-4-6-12(7-10)17-3/h4-7,11,13,15-16H,8-9H2,1-3H3/t13-/m1/s1. The fourth-order valence-corrected chi connectivity index (χ4v) is 2.07. The van der Waals surface area contributed by atoms with Crippen molar-refractivity contribution in [2.24, 2.45) is 5.92 Å². The molecular weight excluding hydrogens is 218 g/mol. The Hall–Kier alpha value is -1.10. The number of benzene rings is 1. The fraction of sp³-hybridized carbons (Fsp3) is 0.538. The van der Waals surface area contributed by atoms with Crippen LogP contribution in [-0.2, 0) is 0 Å². The molecule has 2 N–H and O–H groups in total. The molecule has 0 saturated carbocycles. The highest BCUT2D eigenvalue weighted by Gasteiger charge is 2.24. The van der Waals surface area contributed by atoms with Gasteiger partial charge < -0.3 is 19.8 Å². The predicted octanol–water partition coefficient (Wildman–Crippen LogP) is 0.899. The Morgan fingerprint density at radius 3 is 2.35 bits per heavy atom. The van der Waals surface area contributed by atoms with E-state index >= 15 is 0 Å². The summed E-state index contributed by atoms with van der Waals surface area (Å²) in [5.74, 6) is 0.584. The molecule has 1 aromatic carbocycles. The van der Waals surface area contributed by atoms with Crippen LogP contribution in [0.1, 0.15) is 11.6 Å². The lowest BCUT2D eigenvalue weighted by molar-refractivity contribution is 0.0807. The van der Waals surface area contributed by atoms with Gasteiger partial charge in [-0.1, -0.05) is 12.1 Å². The van der Waals surface area contributed by atoms with Crippen molar-refractivity contribution in [1.29, 1.82) is 0 Å². The van der Waals surface area contributed by atoms with Crippen molar-refractivity contribution in [3.8, 4) is 5.75 Å². The van der Waals surface area contributed by atoms with Gasteiger partial charge in [-0.05, 0) is 31.8 Å². The topological polar surface area (TPSA) is 52.9 Å². The molecule has 0 aliphatic carbocycles. The molecule has 1 rings (SSSR count). The van der Waals surface area contributed by atoms with E-state index in [0.717, 1.165) is 11.3 Å². The van der Waals surface area contributed by atoms with Crippen molar-refractivity contribution in [3.05, 3.63) is 29.8 Å². The molecule has 0 amide bonds. The maximum absolute atomic E-state index is 9.32. The van der Waals surface area contributed by atoms with Crippen molar-refractivity contribution in [1.82, 2.24) is 4.90 Å². The molecule has 0 spiro atoms. The summed E-state index contributed by atoms with van der Waals surface area (Å²) in [6.07, 6.45) is 0. The Labute approximate surface area is 102 Å². The molecule has 0 bridgehead atoms. The van der Waals surface area contributed by atoms with Crippen molar-refractivity contribution in [2.45, 2.75) is 6.04 Å². The van der Waals surface area contributed by atoms with Gasteiger partial charge in [0.1, 0.15) is 5.75 Å². The third kappa shape index (κ3) is 3.43. The summed E-state index contributed by atoms with van der Waals surface area (Å²) in [5.41, 5.74) is 1.03. The van der Waals surface area contributed by atoms with Gasteiger partial charge in [0, 0.05) is 25.2 Å². The number of aliphatic hydroxyl groups excluding tert-OH is 2. The number of aliphatic hydroxyl groups is 2. The number of ether oxygens (including phenoxy) is 1. The van der Waals surface area contributed by atoms with Crippen LogP contribution in [0.5, 0.6) is 5.75 Å². The van der Waals surface area contributed by atoms with Gasteiger partial charge in [-0.25, -0.2) is 0 Å². The molecule has 0 unspecified atom stereocenters. The summed E-state index contributed by atoms with van der Waals surface area (Å²) < 4.78 is 5.19. The van der Waals surface area contributed by atoms with Crippen LogP contribution in [0.2, 0.25) is 0 Å². The van der Waals surface area contributed by atoms with Gasteiger partial charge in [0.25, 0.3) is 0 Å². The molecule has 0 fully saturated rings. The van der Waals surface area contributed by atoms with Gasteiger partial charge in [-0.3, -0.25) is 0 Å². The monoisotopic (exact) mass is 239 g/mol. The van der Waals surface area contributed by atoms with Crippen LogP contribution in [0, 0.1) is 5.92 Å². The Kier molecular flexibility index (Phi) is 5.41. The first-order valence-corrected chi connectivity index (χ1v) is 5.66. The molecule has 0 aromatic heterocycles. The summed E-state index contributed by atoms with van der Waals surface area (Å²) in [4.78, 5) is 1.99. The van der Waals surface area contributed by atoms with Crippen molar-refractivity contribution in [3.63, 3.8) is 0 Å². The van der Waals surface area contributed by atoms with Gasteiger partial charge in [-0.2, -0.15) is 0 Å². The van der Waals surface area contributed by atoms with Gasteiger partial charge in [0.05, 0.1) is 7.11 Å². The highest BCUT2D eigenvalue weighted by Crippen LogP contribution is 2.28. The lowest BCUT2D eigenvalue weighted by Gasteiger charge is -2.30. The summed E-state index contributed by atoms with van der Waals surface area (Å²) in [5, 5.41) is 18.6. The highest BCUT2D eigenvalue weighted by atomic mass is 16.5. The van der Waals surface area contributed by atoms with Crippen molar-refractivity contribution in [2.75, 3.05) is 34.4 Å². The zero-order valence-corrected chi connectivity index (χ0v) is 10.6. The third-order valence-corrected chi connectivity index (χ3v) is 2.91. The van der Waals surface area contributed by atoms with Crippen LogP contribution in [0.25, 0.3) is 0 Å². The zero-order valence-electron chi connectivity index (χ0n) is 10.6. The van der Waals surface area contributed by atoms with Gasteiger partial charge in [0.2, 0.25) is 0 Å². The van der Waals surface area contributed by atoms with Crippen molar-refractivity contribution >= 4 is 0 Å². The summed E-state index contributed by atoms with van der Waals surface area (Å²) in [6.45, 7) is -0.0902. The van der Waals surface area contributed by atoms with Crippen molar-refractivity contribution < 1.29 is 14.9 Å². The quantitative estimate of drug-likeness (QED) is 0.774. The molecule has 1 aromatic rings. The molecule has 17 heavy (non-hydrogen) atoms. The van der Waals surface area contributed by atoms with E-state index in [0.29, 0.717) is 0 Å². The number of methoxy groups -OCH3 is 1. The second-order valence-electron chi connectivity index (χ2n) is 4.31. The smallest absolute Gasteiger partial charge is 0.119 e. The second-order valence-corrected chi connectivity index (χ2v) is 4.31. The lowest BCUT2D eigenvalue weighted by Crippen LogP contribution is -2.31. The van der Waals surface area contributed by atoms with Crippen LogP contribution >= 0.6 is 0 Å². The number of rotatable bonds is 6. The molecule has 0 radical (unpaired) electrons. The van der Waals surface area contributed by atoms with Gasteiger partial charge in [-0.15, -0.1) is 0 Å². The highest BCUT2D eigenvalue weighted by molar-refractivity contribution is 5.31. The molecule has 0 aliphatic heterocycles. The van der Waals surface area contributed by atoms with Crippen LogP contribution in [0.15, 0.2) is 24.3 Å². The van der Waals surface area contributed by atoms with Crippen LogP contribution in [-0.4, -0.2) is 49.5 Å². The minimum Gasteiger partial charge on any atom is -0.497 e.